The second-order valence-corrected chi connectivity index (χ2v) is 12.4. The zero-order valence-electron chi connectivity index (χ0n) is 12.0. The van der Waals surface area contributed by atoms with Gasteiger partial charge in [-0.1, -0.05) is 46.0 Å². The van der Waals surface area contributed by atoms with E-state index in [2.05, 4.69) is 38.1 Å². The molecule has 2 aliphatic heterocycles. The average Bonchev–Trinajstić information content (AvgIpc) is 2.98. The Bertz CT molecular complexity index is 491. The highest BCUT2D eigenvalue weighted by Gasteiger charge is 2.37. The first kappa shape index (κ1) is 13.8. The maximum absolute atomic E-state index is 13.2. The molecule has 3 rings (SSSR count). The minimum Gasteiger partial charge on any atom is -0.319 e. The summed E-state index contributed by atoms with van der Waals surface area (Å²) >= 11 is 0. The summed E-state index contributed by atoms with van der Waals surface area (Å²) in [6.45, 7) is 4.80. The Morgan fingerprint density at radius 2 is 1.63 bits per heavy atom. The standard InChI is InChI=1S/C16H24OP2/c1-13-9-10-14(2)18(13)15-7-3-4-8-16(15)19(17)11-5-6-12-19/h3-4,7-8,13-14H,5-6,9-12H2,1-2H3/t13-,14-/m1/s1. The maximum atomic E-state index is 13.2. The molecule has 3 heteroatoms. The number of benzene rings is 1. The first-order valence-corrected chi connectivity index (χ1v) is 11.1. The third kappa shape index (κ3) is 2.45. The van der Waals surface area contributed by atoms with Crippen LogP contribution in [0.2, 0.25) is 0 Å². The molecule has 1 aromatic rings. The maximum Gasteiger partial charge on any atom is 0.116 e. The lowest BCUT2D eigenvalue weighted by molar-refractivity contribution is 0.585. The minimum atomic E-state index is -2.05. The lowest BCUT2D eigenvalue weighted by Crippen LogP contribution is -2.27. The second-order valence-electron chi connectivity index (χ2n) is 6.22. The van der Waals surface area contributed by atoms with Crippen molar-refractivity contribution < 1.29 is 4.57 Å². The smallest absolute Gasteiger partial charge is 0.116 e. The van der Waals surface area contributed by atoms with E-state index in [-0.39, 0.29) is 7.92 Å². The molecule has 0 unspecified atom stereocenters. The predicted octanol–water partition coefficient (Wildman–Crippen LogP) is 4.15. The van der Waals surface area contributed by atoms with Crippen molar-refractivity contribution in [1.29, 1.82) is 0 Å². The van der Waals surface area contributed by atoms with Crippen LogP contribution in [-0.4, -0.2) is 23.6 Å². The van der Waals surface area contributed by atoms with Crippen LogP contribution < -0.4 is 10.6 Å². The van der Waals surface area contributed by atoms with Crippen molar-refractivity contribution in [2.45, 2.75) is 50.8 Å². The van der Waals surface area contributed by atoms with Crippen LogP contribution in [0.25, 0.3) is 0 Å². The van der Waals surface area contributed by atoms with Crippen LogP contribution in [0.3, 0.4) is 0 Å². The third-order valence-electron chi connectivity index (χ3n) is 4.84. The highest BCUT2D eigenvalue weighted by atomic mass is 31.2. The lowest BCUT2D eigenvalue weighted by atomic mass is 10.2. The van der Waals surface area contributed by atoms with Gasteiger partial charge in [-0.3, -0.25) is 0 Å². The van der Waals surface area contributed by atoms with Gasteiger partial charge in [-0.2, -0.15) is 0 Å². The molecule has 0 spiro atoms. The van der Waals surface area contributed by atoms with Gasteiger partial charge >= 0.3 is 0 Å². The molecule has 2 fully saturated rings. The highest BCUT2D eigenvalue weighted by molar-refractivity contribution is 7.76. The molecule has 0 amide bonds. The summed E-state index contributed by atoms with van der Waals surface area (Å²) in [5, 5.41) is 2.75. The van der Waals surface area contributed by atoms with Crippen LogP contribution in [0.15, 0.2) is 24.3 Å². The Morgan fingerprint density at radius 1 is 1.05 bits per heavy atom. The quantitative estimate of drug-likeness (QED) is 0.749. The van der Waals surface area contributed by atoms with Gasteiger partial charge in [0.2, 0.25) is 0 Å². The van der Waals surface area contributed by atoms with Gasteiger partial charge in [-0.05, 0) is 42.3 Å². The Morgan fingerprint density at radius 3 is 2.26 bits per heavy atom. The van der Waals surface area contributed by atoms with Crippen molar-refractivity contribution in [3.05, 3.63) is 24.3 Å². The molecule has 0 N–H and O–H groups in total. The van der Waals surface area contributed by atoms with Crippen LogP contribution in [0.5, 0.6) is 0 Å². The van der Waals surface area contributed by atoms with Crippen molar-refractivity contribution in [2.75, 3.05) is 12.3 Å². The molecule has 2 heterocycles. The Kier molecular flexibility index (Phi) is 3.89. The van der Waals surface area contributed by atoms with Crippen LogP contribution in [0.1, 0.15) is 39.5 Å². The molecule has 0 aliphatic carbocycles. The number of hydrogen-bond acceptors (Lipinski definition) is 1. The topological polar surface area (TPSA) is 17.1 Å². The minimum absolute atomic E-state index is 0.104. The largest absolute Gasteiger partial charge is 0.319 e. The predicted molar refractivity (Wildman–Crippen MR) is 87.4 cm³/mol. The van der Waals surface area contributed by atoms with E-state index in [0.29, 0.717) is 0 Å². The van der Waals surface area contributed by atoms with Gasteiger partial charge in [-0.15, -0.1) is 0 Å². The van der Waals surface area contributed by atoms with E-state index in [1.165, 1.54) is 23.5 Å². The molecule has 2 saturated heterocycles. The fourth-order valence-electron chi connectivity index (χ4n) is 3.78. The third-order valence-corrected chi connectivity index (χ3v) is 11.7. The van der Waals surface area contributed by atoms with Gasteiger partial charge in [0, 0.05) is 17.6 Å². The van der Waals surface area contributed by atoms with Gasteiger partial charge in [0.05, 0.1) is 0 Å². The van der Waals surface area contributed by atoms with E-state index in [9.17, 15) is 4.57 Å². The molecule has 2 atom stereocenters. The Balaban J connectivity index is 2.05. The van der Waals surface area contributed by atoms with Crippen molar-refractivity contribution in [2.24, 2.45) is 0 Å². The Labute approximate surface area is 118 Å². The second kappa shape index (κ2) is 5.34. The van der Waals surface area contributed by atoms with Crippen molar-refractivity contribution >= 4 is 25.7 Å². The number of rotatable bonds is 2. The molecule has 0 saturated carbocycles. The molecule has 0 bridgehead atoms. The summed E-state index contributed by atoms with van der Waals surface area (Å²) in [6, 6.07) is 8.72. The zero-order chi connectivity index (χ0) is 13.5. The number of hydrogen-bond donors (Lipinski definition) is 0. The van der Waals surface area contributed by atoms with E-state index >= 15 is 0 Å². The normalized spacial score (nSPS) is 30.8. The first-order chi connectivity index (χ1) is 9.12. The van der Waals surface area contributed by atoms with Gasteiger partial charge < -0.3 is 4.57 Å². The van der Waals surface area contributed by atoms with Crippen LogP contribution >= 0.6 is 15.1 Å². The molecule has 19 heavy (non-hydrogen) atoms. The van der Waals surface area contributed by atoms with Crippen LogP contribution in [0.4, 0.5) is 0 Å². The average molecular weight is 294 g/mol. The summed E-state index contributed by atoms with van der Waals surface area (Å²) in [7, 11) is -2.15. The summed E-state index contributed by atoms with van der Waals surface area (Å²) in [6.07, 6.45) is 6.94. The molecular formula is C16H24OP2. The molecule has 0 radical (unpaired) electrons. The summed E-state index contributed by atoms with van der Waals surface area (Å²) in [5.41, 5.74) is 1.61. The van der Waals surface area contributed by atoms with E-state index in [4.69, 9.17) is 0 Å². The molecule has 0 aromatic heterocycles. The van der Waals surface area contributed by atoms with Crippen LogP contribution in [-0.2, 0) is 4.57 Å². The van der Waals surface area contributed by atoms with Crippen LogP contribution in [0, 0.1) is 0 Å². The van der Waals surface area contributed by atoms with Crippen molar-refractivity contribution in [3.8, 4) is 0 Å². The molecule has 1 aromatic carbocycles. The fourth-order valence-corrected chi connectivity index (χ4v) is 11.0. The zero-order valence-corrected chi connectivity index (χ0v) is 13.8. The van der Waals surface area contributed by atoms with E-state index in [0.717, 1.165) is 36.5 Å². The SMILES string of the molecule is C[C@@H]1CC[C@@H](C)P1c1ccccc1P1(=O)CCCC1. The Hall–Kier alpha value is -0.120. The molecule has 104 valence electrons. The molecular weight excluding hydrogens is 270 g/mol. The van der Waals surface area contributed by atoms with Gasteiger partial charge in [-0.25, -0.2) is 0 Å². The van der Waals surface area contributed by atoms with Crippen molar-refractivity contribution in [1.82, 2.24) is 0 Å². The fraction of sp³-hybridized carbons (Fsp3) is 0.625. The highest BCUT2D eigenvalue weighted by Crippen LogP contribution is 2.57. The summed E-state index contributed by atoms with van der Waals surface area (Å²) in [5.74, 6) is 0. The first-order valence-electron chi connectivity index (χ1n) is 7.58. The van der Waals surface area contributed by atoms with E-state index < -0.39 is 7.14 Å². The van der Waals surface area contributed by atoms with Gasteiger partial charge in [0.15, 0.2) is 0 Å². The van der Waals surface area contributed by atoms with Gasteiger partial charge in [0.25, 0.3) is 0 Å². The summed E-state index contributed by atoms with van der Waals surface area (Å²) in [4.78, 5) is 0. The van der Waals surface area contributed by atoms with E-state index in [1.807, 2.05) is 0 Å². The lowest BCUT2D eigenvalue weighted by Gasteiger charge is -2.26. The van der Waals surface area contributed by atoms with Gasteiger partial charge in [0.1, 0.15) is 7.14 Å². The molecule has 2 aliphatic rings. The van der Waals surface area contributed by atoms with E-state index in [1.54, 1.807) is 0 Å². The van der Waals surface area contributed by atoms with Crippen molar-refractivity contribution in [3.63, 3.8) is 0 Å². The monoisotopic (exact) mass is 294 g/mol. The molecule has 1 nitrogen and oxygen atoms in total. The summed E-state index contributed by atoms with van der Waals surface area (Å²) < 4.78 is 13.2.